The molecular formula is C10H9F3IN5O. The number of alkyl halides is 3. The van der Waals surface area contributed by atoms with Crippen molar-refractivity contribution < 1.29 is 18.0 Å². The maximum atomic E-state index is 12.7. The van der Waals surface area contributed by atoms with Gasteiger partial charge >= 0.3 is 6.18 Å². The summed E-state index contributed by atoms with van der Waals surface area (Å²) in [5.74, 6) is -0.718. The molecule has 10 heteroatoms. The Balaban J connectivity index is 2.33. The molecule has 6 nitrogen and oxygen atoms in total. The van der Waals surface area contributed by atoms with Crippen molar-refractivity contribution in [3.63, 3.8) is 0 Å². The quantitative estimate of drug-likeness (QED) is 0.762. The summed E-state index contributed by atoms with van der Waals surface area (Å²) in [6.45, 7) is 1.39. The number of amides is 1. The Bertz CT molecular complexity index is 660. The Kier molecular flexibility index (Phi) is 3.75. The molecule has 2 N–H and O–H groups in total. The maximum Gasteiger partial charge on any atom is 0.437 e. The average molecular weight is 399 g/mol. The number of carbonyl (C=O) groups excluding carboxylic acids is 1. The van der Waals surface area contributed by atoms with Crippen LogP contribution in [0.1, 0.15) is 21.9 Å². The molecule has 0 aliphatic rings. The molecule has 0 aliphatic heterocycles. The van der Waals surface area contributed by atoms with Crippen LogP contribution in [0.25, 0.3) is 0 Å². The van der Waals surface area contributed by atoms with E-state index in [1.807, 2.05) is 22.6 Å². The Hall–Kier alpha value is -1.59. The highest BCUT2D eigenvalue weighted by molar-refractivity contribution is 14.1. The molecule has 108 valence electrons. The van der Waals surface area contributed by atoms with Gasteiger partial charge in [0.15, 0.2) is 11.4 Å². The summed E-state index contributed by atoms with van der Waals surface area (Å²) in [5, 5.41) is 11.5. The lowest BCUT2D eigenvalue weighted by atomic mass is 10.2. The number of halogens is 4. The van der Waals surface area contributed by atoms with Crippen LogP contribution in [0.4, 0.5) is 18.9 Å². The van der Waals surface area contributed by atoms with Gasteiger partial charge in [0.2, 0.25) is 0 Å². The van der Waals surface area contributed by atoms with Crippen LogP contribution in [-0.2, 0) is 13.2 Å². The van der Waals surface area contributed by atoms with Gasteiger partial charge in [-0.1, -0.05) is 0 Å². The first-order valence-corrected chi connectivity index (χ1v) is 6.40. The van der Waals surface area contributed by atoms with E-state index >= 15 is 0 Å². The number of carbonyl (C=O) groups is 1. The minimum absolute atomic E-state index is 0.0572. The molecular weight excluding hydrogens is 390 g/mol. The maximum absolute atomic E-state index is 12.7. The molecule has 0 saturated carbocycles. The van der Waals surface area contributed by atoms with Gasteiger partial charge in [-0.05, 0) is 29.5 Å². The van der Waals surface area contributed by atoms with E-state index in [2.05, 4.69) is 20.6 Å². The number of hydrogen-bond donors (Lipinski definition) is 2. The zero-order valence-electron chi connectivity index (χ0n) is 10.3. The van der Waals surface area contributed by atoms with Crippen molar-refractivity contribution in [3.05, 3.63) is 26.8 Å². The number of hydrogen-bond acceptors (Lipinski definition) is 3. The summed E-state index contributed by atoms with van der Waals surface area (Å²) >= 11 is 1.88. The fourth-order valence-electron chi connectivity index (χ4n) is 1.57. The molecule has 0 saturated heterocycles. The van der Waals surface area contributed by atoms with Gasteiger partial charge in [0.1, 0.15) is 0 Å². The number of aryl methyl sites for hydroxylation is 2. The summed E-state index contributed by atoms with van der Waals surface area (Å²) in [6, 6.07) is 0. The Morgan fingerprint density at radius 2 is 2.15 bits per heavy atom. The SMILES string of the molecule is Cc1[nH]nc(C(F)(F)F)c1NC(=O)c1nn(C)cc1I. The number of anilines is 1. The first-order valence-electron chi connectivity index (χ1n) is 5.32. The molecule has 20 heavy (non-hydrogen) atoms. The molecule has 2 aromatic rings. The van der Waals surface area contributed by atoms with Crippen LogP contribution in [0.2, 0.25) is 0 Å². The van der Waals surface area contributed by atoms with Crippen LogP contribution in [0.5, 0.6) is 0 Å². The van der Waals surface area contributed by atoms with E-state index in [0.29, 0.717) is 3.57 Å². The summed E-state index contributed by atoms with van der Waals surface area (Å²) in [4.78, 5) is 12.0. The summed E-state index contributed by atoms with van der Waals surface area (Å²) < 4.78 is 40.2. The van der Waals surface area contributed by atoms with Crippen LogP contribution in [-0.4, -0.2) is 25.9 Å². The number of H-pyrrole nitrogens is 1. The van der Waals surface area contributed by atoms with E-state index in [1.54, 1.807) is 13.2 Å². The molecule has 0 atom stereocenters. The first-order chi connectivity index (χ1) is 9.20. The van der Waals surface area contributed by atoms with Gasteiger partial charge in [0.05, 0.1) is 15.0 Å². The molecule has 2 heterocycles. The number of nitrogens with one attached hydrogen (secondary N) is 2. The summed E-state index contributed by atoms with van der Waals surface area (Å²) in [5.41, 5.74) is -1.36. The highest BCUT2D eigenvalue weighted by Crippen LogP contribution is 2.34. The van der Waals surface area contributed by atoms with Crippen molar-refractivity contribution in [2.45, 2.75) is 13.1 Å². The van der Waals surface area contributed by atoms with Crippen LogP contribution < -0.4 is 5.32 Å². The normalized spacial score (nSPS) is 11.7. The molecule has 0 aromatic carbocycles. The van der Waals surface area contributed by atoms with E-state index in [4.69, 9.17) is 0 Å². The predicted molar refractivity (Wildman–Crippen MR) is 72.2 cm³/mol. The second kappa shape index (κ2) is 5.07. The van der Waals surface area contributed by atoms with Gasteiger partial charge in [0, 0.05) is 13.2 Å². The molecule has 0 radical (unpaired) electrons. The fraction of sp³-hybridized carbons (Fsp3) is 0.300. The third kappa shape index (κ3) is 2.78. The topological polar surface area (TPSA) is 75.6 Å². The smallest absolute Gasteiger partial charge is 0.317 e. The van der Waals surface area contributed by atoms with E-state index in [-0.39, 0.29) is 17.1 Å². The van der Waals surface area contributed by atoms with Gasteiger partial charge in [-0.2, -0.15) is 23.4 Å². The lowest BCUT2D eigenvalue weighted by molar-refractivity contribution is -0.140. The molecule has 2 rings (SSSR count). The zero-order valence-corrected chi connectivity index (χ0v) is 12.5. The molecule has 0 spiro atoms. The fourth-order valence-corrected chi connectivity index (χ4v) is 2.33. The van der Waals surface area contributed by atoms with Crippen LogP contribution in [0, 0.1) is 10.5 Å². The number of aromatic amines is 1. The second-order valence-electron chi connectivity index (χ2n) is 4.02. The van der Waals surface area contributed by atoms with Crippen molar-refractivity contribution in [2.75, 3.05) is 5.32 Å². The molecule has 0 aliphatic carbocycles. The predicted octanol–water partition coefficient (Wildman–Crippen LogP) is 2.33. The van der Waals surface area contributed by atoms with E-state index < -0.39 is 17.8 Å². The highest BCUT2D eigenvalue weighted by atomic mass is 127. The van der Waals surface area contributed by atoms with E-state index in [9.17, 15) is 18.0 Å². The van der Waals surface area contributed by atoms with Gasteiger partial charge < -0.3 is 5.32 Å². The second-order valence-corrected chi connectivity index (χ2v) is 5.19. The van der Waals surface area contributed by atoms with Crippen LogP contribution in [0.15, 0.2) is 6.20 Å². The Morgan fingerprint density at radius 1 is 1.50 bits per heavy atom. The molecule has 2 aromatic heterocycles. The molecule has 0 fully saturated rings. The van der Waals surface area contributed by atoms with Crippen LogP contribution >= 0.6 is 22.6 Å². The minimum atomic E-state index is -4.65. The minimum Gasteiger partial charge on any atom is -0.317 e. The van der Waals surface area contributed by atoms with Gasteiger partial charge in [-0.15, -0.1) is 0 Å². The van der Waals surface area contributed by atoms with E-state index in [1.165, 1.54) is 11.6 Å². The lowest BCUT2D eigenvalue weighted by Gasteiger charge is -2.08. The van der Waals surface area contributed by atoms with Gasteiger partial charge in [-0.25, -0.2) is 0 Å². The average Bonchev–Trinajstić information content (AvgIpc) is 2.82. The monoisotopic (exact) mass is 399 g/mol. The van der Waals surface area contributed by atoms with Gasteiger partial charge in [0.25, 0.3) is 5.91 Å². The van der Waals surface area contributed by atoms with Crippen molar-refractivity contribution in [1.82, 2.24) is 20.0 Å². The molecule has 0 bridgehead atoms. The highest BCUT2D eigenvalue weighted by Gasteiger charge is 2.38. The van der Waals surface area contributed by atoms with Crippen molar-refractivity contribution in [2.24, 2.45) is 7.05 Å². The van der Waals surface area contributed by atoms with Crippen molar-refractivity contribution in [1.29, 1.82) is 0 Å². The number of aromatic nitrogens is 4. The number of rotatable bonds is 2. The van der Waals surface area contributed by atoms with Crippen molar-refractivity contribution >= 4 is 34.2 Å². The summed E-state index contributed by atoms with van der Waals surface area (Å²) in [7, 11) is 1.61. The molecule has 1 amide bonds. The van der Waals surface area contributed by atoms with Crippen LogP contribution in [0.3, 0.4) is 0 Å². The zero-order chi connectivity index (χ0) is 15.1. The third-order valence-corrected chi connectivity index (χ3v) is 3.24. The third-order valence-electron chi connectivity index (χ3n) is 2.45. The van der Waals surface area contributed by atoms with E-state index in [0.717, 1.165) is 0 Å². The lowest BCUT2D eigenvalue weighted by Crippen LogP contribution is -2.18. The summed E-state index contributed by atoms with van der Waals surface area (Å²) in [6.07, 6.45) is -3.06. The first kappa shape index (κ1) is 14.8. The van der Waals surface area contributed by atoms with Crippen molar-refractivity contribution in [3.8, 4) is 0 Å². The Morgan fingerprint density at radius 3 is 2.65 bits per heavy atom. The molecule has 0 unspecified atom stereocenters. The largest absolute Gasteiger partial charge is 0.437 e. The number of nitrogens with zero attached hydrogens (tertiary/aromatic N) is 3. The Labute approximate surface area is 124 Å². The van der Waals surface area contributed by atoms with Gasteiger partial charge in [-0.3, -0.25) is 14.6 Å². The standard InChI is InChI=1S/C10H9F3IN5O/c1-4-6(8(17-16-4)10(11,12)13)15-9(20)7-5(14)3-19(2)18-7/h3H,1-2H3,(H,15,20)(H,16,17).